The lowest BCUT2D eigenvalue weighted by molar-refractivity contribution is 0.622. The van der Waals surface area contributed by atoms with Gasteiger partial charge in [-0.15, -0.1) is 0 Å². The molecule has 0 heterocycles. The molecule has 4 heavy (non-hydrogen) atoms. The maximum Gasteiger partial charge on any atom is 0.0433 e. The first kappa shape index (κ1) is 4.62. The largest absolute Gasteiger partial charge is 0.789 e. The Bertz CT molecular complexity index is 6.00. The molecule has 0 rings (SSSR count). The minimum atomic E-state index is 0.0787. The van der Waals surface area contributed by atoms with E-state index >= 15 is 0 Å². The van der Waals surface area contributed by atoms with Crippen molar-refractivity contribution < 1.29 is 9.11 Å². The van der Waals surface area contributed by atoms with Crippen LogP contribution in [0.25, 0.3) is 0 Å². The van der Waals surface area contributed by atoms with Crippen molar-refractivity contribution in [1.29, 1.82) is 0 Å². The minimum absolute atomic E-state index is 0.0787. The van der Waals surface area contributed by atoms with Crippen LogP contribution in [-0.4, -0.2) is 9.11 Å². The molecule has 1 N–H and O–H groups in total. The standard InChI is InChI=1S/H2O2S2/c1-3-4-2/h1-2H/p-1. The van der Waals surface area contributed by atoms with E-state index < -0.39 is 0 Å². The van der Waals surface area contributed by atoms with Gasteiger partial charge in [0.05, 0.1) is 0 Å². The summed E-state index contributed by atoms with van der Waals surface area (Å²) in [5.41, 5.74) is 0. The Morgan fingerprint density at radius 3 is 2.00 bits per heavy atom. The molecule has 0 aromatic carbocycles. The summed E-state index contributed by atoms with van der Waals surface area (Å²) in [6.45, 7) is 0. The molecule has 0 saturated heterocycles. The maximum absolute atomic E-state index is 8.93. The SMILES string of the molecule is [O-]SSO. The van der Waals surface area contributed by atoms with E-state index in [4.69, 9.17) is 9.11 Å². The van der Waals surface area contributed by atoms with E-state index in [1.54, 1.807) is 0 Å². The van der Waals surface area contributed by atoms with Gasteiger partial charge in [0.1, 0.15) is 0 Å². The lowest BCUT2D eigenvalue weighted by atomic mass is 15.9. The molecule has 0 spiro atoms. The molecule has 2 nitrogen and oxygen atoms in total. The monoisotopic (exact) mass is 96.9 g/mol. The van der Waals surface area contributed by atoms with Gasteiger partial charge in [0.2, 0.25) is 0 Å². The Kier molecular flexibility index (Phi) is 4.18. The van der Waals surface area contributed by atoms with E-state index in [1.807, 2.05) is 0 Å². The van der Waals surface area contributed by atoms with E-state index in [1.165, 1.54) is 0 Å². The van der Waals surface area contributed by atoms with Gasteiger partial charge >= 0.3 is 0 Å². The molecule has 0 unspecified atom stereocenters. The third kappa shape index (κ3) is 2.62. The highest BCUT2D eigenvalue weighted by atomic mass is 33.1. The van der Waals surface area contributed by atoms with Gasteiger partial charge in [-0.1, -0.05) is 0 Å². The van der Waals surface area contributed by atoms with Crippen LogP contribution in [0.4, 0.5) is 0 Å². The van der Waals surface area contributed by atoms with Crippen LogP contribution >= 0.6 is 22.1 Å². The highest BCUT2D eigenvalue weighted by Crippen LogP contribution is 2.07. The van der Waals surface area contributed by atoms with E-state index in [0.29, 0.717) is 0 Å². The predicted octanol–water partition coefficient (Wildman–Crippen LogP) is 0.971. The van der Waals surface area contributed by atoms with Crippen molar-refractivity contribution in [2.45, 2.75) is 0 Å². The second-order valence-corrected chi connectivity index (χ2v) is 1.28. The molecule has 0 aliphatic carbocycles. The first-order valence-corrected chi connectivity index (χ1v) is 2.55. The third-order valence-corrected chi connectivity index (χ3v) is 0.274. The lowest BCUT2D eigenvalue weighted by Crippen LogP contribution is -1.33. The average Bonchev–Trinajstić information content (AvgIpc) is 1.37. The van der Waals surface area contributed by atoms with E-state index in [-0.39, 0.29) is 22.1 Å². The summed E-state index contributed by atoms with van der Waals surface area (Å²) in [4.78, 5) is 0. The summed E-state index contributed by atoms with van der Waals surface area (Å²) in [7, 11) is 0. The second-order valence-electron chi connectivity index (χ2n) is 0.143. The van der Waals surface area contributed by atoms with Crippen molar-refractivity contribution in [3.63, 3.8) is 0 Å². The normalized spacial score (nSPS) is 7.50. The number of rotatable bonds is 1. The van der Waals surface area contributed by atoms with Gasteiger partial charge in [0.15, 0.2) is 0 Å². The minimum Gasteiger partial charge on any atom is -0.789 e. The lowest BCUT2D eigenvalue weighted by Gasteiger charge is -1.87. The van der Waals surface area contributed by atoms with Crippen LogP contribution in [0.2, 0.25) is 0 Å². The first-order valence-electron chi connectivity index (χ1n) is 0.516. The zero-order valence-corrected chi connectivity index (χ0v) is 3.30. The Morgan fingerprint density at radius 2 is 2.00 bits per heavy atom. The van der Waals surface area contributed by atoms with Crippen LogP contribution in [0.5, 0.6) is 0 Å². The van der Waals surface area contributed by atoms with Crippen LogP contribution in [0.15, 0.2) is 0 Å². The van der Waals surface area contributed by atoms with Gasteiger partial charge in [0.25, 0.3) is 0 Å². The fraction of sp³-hybridized carbons (Fsp3) is 0. The van der Waals surface area contributed by atoms with Crippen molar-refractivity contribution in [2.75, 3.05) is 0 Å². The van der Waals surface area contributed by atoms with Gasteiger partial charge < -0.3 is 9.11 Å². The van der Waals surface area contributed by atoms with Crippen LogP contribution in [0, 0.1) is 0 Å². The summed E-state index contributed by atoms with van der Waals surface area (Å²) in [6, 6.07) is 0. The molecule has 4 heteroatoms. The molecular weight excluding hydrogens is 96.1 g/mol. The molecule has 0 aromatic rings. The summed E-state index contributed by atoms with van der Waals surface area (Å²) < 4.78 is 16.4. The zero-order chi connectivity index (χ0) is 3.41. The van der Waals surface area contributed by atoms with Crippen LogP contribution < -0.4 is 0 Å². The third-order valence-electron chi connectivity index (χ3n) is 0.0304. The van der Waals surface area contributed by atoms with Gasteiger partial charge in [-0.05, 0) is 0 Å². The quantitative estimate of drug-likeness (QED) is 0.391. The van der Waals surface area contributed by atoms with E-state index in [9.17, 15) is 0 Å². The zero-order valence-electron chi connectivity index (χ0n) is 1.67. The molecule has 0 amide bonds. The Balaban J connectivity index is 1.97. The molecule has 0 bridgehead atoms. The number of hydrogen-bond donors (Lipinski definition) is 1. The fourth-order valence-electron chi connectivity index (χ4n) is 0. The van der Waals surface area contributed by atoms with Gasteiger partial charge in [0, 0.05) is 11.1 Å². The van der Waals surface area contributed by atoms with Crippen LogP contribution in [0.3, 0.4) is 0 Å². The molecule has 0 aliphatic heterocycles. The van der Waals surface area contributed by atoms with Crippen molar-refractivity contribution in [3.05, 3.63) is 0 Å². The highest BCUT2D eigenvalue weighted by Gasteiger charge is 1.46. The predicted molar refractivity (Wildman–Crippen MR) is 18.6 cm³/mol. The van der Waals surface area contributed by atoms with Gasteiger partial charge in [-0.3, -0.25) is 0 Å². The first-order chi connectivity index (χ1) is 1.91. The van der Waals surface area contributed by atoms with Crippen LogP contribution in [0.1, 0.15) is 0 Å². The molecule has 0 radical (unpaired) electrons. The Labute approximate surface area is 32.0 Å². The molecular formula is HO2S2-. The maximum atomic E-state index is 8.93. The van der Waals surface area contributed by atoms with Gasteiger partial charge in [-0.2, -0.15) is 11.1 Å². The van der Waals surface area contributed by atoms with Crippen molar-refractivity contribution in [3.8, 4) is 0 Å². The molecule has 0 aromatic heterocycles. The fourth-order valence-corrected chi connectivity index (χ4v) is 0. The molecule has 0 fully saturated rings. The molecule has 0 saturated carbocycles. The van der Waals surface area contributed by atoms with Gasteiger partial charge in [-0.25, -0.2) is 0 Å². The molecule has 0 aliphatic rings. The summed E-state index contributed by atoms with van der Waals surface area (Å²) in [5, 5.41) is 0. The summed E-state index contributed by atoms with van der Waals surface area (Å²) in [5.74, 6) is 0. The van der Waals surface area contributed by atoms with Crippen molar-refractivity contribution in [1.82, 2.24) is 0 Å². The van der Waals surface area contributed by atoms with E-state index in [0.717, 1.165) is 0 Å². The summed E-state index contributed by atoms with van der Waals surface area (Å²) >= 11 is 0.296. The second kappa shape index (κ2) is 3.62. The summed E-state index contributed by atoms with van der Waals surface area (Å²) in [6.07, 6.45) is 0. The molecule has 0 atom stereocenters. The Morgan fingerprint density at radius 1 is 1.75 bits per heavy atom. The highest BCUT2D eigenvalue weighted by molar-refractivity contribution is 8.72. The number of hydrogen-bond acceptors (Lipinski definition) is 4. The average molecular weight is 97.1 g/mol. The Hall–Kier alpha value is 0.620. The van der Waals surface area contributed by atoms with E-state index in [2.05, 4.69) is 0 Å². The smallest absolute Gasteiger partial charge is 0.0433 e. The van der Waals surface area contributed by atoms with Crippen LogP contribution in [-0.2, 0) is 0 Å². The topological polar surface area (TPSA) is 43.3 Å². The van der Waals surface area contributed by atoms with Crippen molar-refractivity contribution in [2.24, 2.45) is 0 Å². The molecule has 26 valence electrons. The van der Waals surface area contributed by atoms with Crippen molar-refractivity contribution >= 4 is 22.1 Å².